The van der Waals surface area contributed by atoms with E-state index in [1.807, 2.05) is 0 Å². The van der Waals surface area contributed by atoms with Crippen LogP contribution in [0.15, 0.2) is 11.2 Å². The van der Waals surface area contributed by atoms with Crippen LogP contribution in [0, 0.1) is 0 Å². The molecular weight excluding hydrogens is 152 g/mol. The minimum Gasteiger partial charge on any atom is -0.514 e. The summed E-state index contributed by atoms with van der Waals surface area (Å²) in [7, 11) is 0. The van der Waals surface area contributed by atoms with Gasteiger partial charge in [0.15, 0.2) is 0 Å². The first-order chi connectivity index (χ1) is 4.76. The van der Waals surface area contributed by atoms with E-state index in [4.69, 9.17) is 5.11 Å². The van der Waals surface area contributed by atoms with E-state index in [2.05, 4.69) is 4.74 Å². The van der Waals surface area contributed by atoms with Gasteiger partial charge in [0, 0.05) is 0 Å². The van der Waals surface area contributed by atoms with Crippen molar-refractivity contribution in [2.45, 2.75) is 6.92 Å². The van der Waals surface area contributed by atoms with E-state index in [1.165, 1.54) is 0 Å². The SMILES string of the molecule is CCOC(=O)/C(=C/O)SC. The van der Waals surface area contributed by atoms with Crippen molar-refractivity contribution >= 4 is 17.7 Å². The number of aliphatic hydroxyl groups excluding tert-OH is 1. The van der Waals surface area contributed by atoms with E-state index in [-0.39, 0.29) is 4.91 Å². The predicted molar refractivity (Wildman–Crippen MR) is 40.9 cm³/mol. The fourth-order valence-electron chi connectivity index (χ4n) is 0.391. The molecule has 0 unspecified atom stereocenters. The van der Waals surface area contributed by atoms with Crippen molar-refractivity contribution in [3.63, 3.8) is 0 Å². The van der Waals surface area contributed by atoms with E-state index in [0.29, 0.717) is 6.61 Å². The number of hydrogen-bond acceptors (Lipinski definition) is 4. The van der Waals surface area contributed by atoms with E-state index in [0.717, 1.165) is 18.0 Å². The fraction of sp³-hybridized carbons (Fsp3) is 0.500. The Bertz CT molecular complexity index is 142. The Morgan fingerprint density at radius 2 is 2.40 bits per heavy atom. The van der Waals surface area contributed by atoms with Gasteiger partial charge in [-0.3, -0.25) is 0 Å². The number of rotatable bonds is 3. The first-order valence-corrected chi connectivity index (χ1v) is 4.04. The van der Waals surface area contributed by atoms with Crippen LogP contribution in [-0.2, 0) is 9.53 Å². The molecule has 0 aliphatic heterocycles. The van der Waals surface area contributed by atoms with Crippen molar-refractivity contribution in [3.05, 3.63) is 11.2 Å². The van der Waals surface area contributed by atoms with Crippen LogP contribution in [0.3, 0.4) is 0 Å². The molecule has 0 heterocycles. The molecule has 0 spiro atoms. The van der Waals surface area contributed by atoms with Gasteiger partial charge in [0.05, 0.1) is 6.61 Å². The van der Waals surface area contributed by atoms with Gasteiger partial charge >= 0.3 is 5.97 Å². The van der Waals surface area contributed by atoms with Gasteiger partial charge in [0.25, 0.3) is 0 Å². The molecule has 0 aromatic rings. The van der Waals surface area contributed by atoms with Crippen LogP contribution >= 0.6 is 11.8 Å². The lowest BCUT2D eigenvalue weighted by Crippen LogP contribution is -2.04. The molecule has 0 bridgehead atoms. The average molecular weight is 162 g/mol. The number of hydrogen-bond donors (Lipinski definition) is 1. The summed E-state index contributed by atoms with van der Waals surface area (Å²) < 4.78 is 4.60. The zero-order valence-corrected chi connectivity index (χ0v) is 6.77. The van der Waals surface area contributed by atoms with Crippen LogP contribution in [-0.4, -0.2) is 23.9 Å². The van der Waals surface area contributed by atoms with Crippen molar-refractivity contribution in [2.75, 3.05) is 12.9 Å². The molecule has 10 heavy (non-hydrogen) atoms. The minimum absolute atomic E-state index is 0.224. The molecule has 4 heteroatoms. The second-order valence-electron chi connectivity index (χ2n) is 1.42. The van der Waals surface area contributed by atoms with Crippen LogP contribution in [0.5, 0.6) is 0 Å². The maximum absolute atomic E-state index is 10.7. The van der Waals surface area contributed by atoms with Gasteiger partial charge in [-0.2, -0.15) is 0 Å². The highest BCUT2D eigenvalue weighted by Crippen LogP contribution is 2.11. The molecule has 0 saturated carbocycles. The number of ether oxygens (including phenoxy) is 1. The van der Waals surface area contributed by atoms with Gasteiger partial charge in [-0.05, 0) is 13.2 Å². The Morgan fingerprint density at radius 3 is 2.70 bits per heavy atom. The smallest absolute Gasteiger partial charge is 0.347 e. The maximum atomic E-state index is 10.7. The molecule has 0 amide bonds. The quantitative estimate of drug-likeness (QED) is 0.386. The average Bonchev–Trinajstić information content (AvgIpc) is 1.91. The van der Waals surface area contributed by atoms with Crippen molar-refractivity contribution in [2.24, 2.45) is 0 Å². The number of carbonyl (C=O) groups is 1. The molecule has 0 saturated heterocycles. The summed E-state index contributed by atoms with van der Waals surface area (Å²) in [5.74, 6) is -0.475. The van der Waals surface area contributed by atoms with Gasteiger partial charge in [-0.1, -0.05) is 0 Å². The summed E-state index contributed by atoms with van der Waals surface area (Å²) in [4.78, 5) is 11.0. The number of carbonyl (C=O) groups excluding carboxylic acids is 1. The normalized spacial score (nSPS) is 11.2. The Labute approximate surface area is 64.1 Å². The highest BCUT2D eigenvalue weighted by Gasteiger charge is 2.07. The second kappa shape index (κ2) is 5.17. The van der Waals surface area contributed by atoms with Crippen molar-refractivity contribution in [1.82, 2.24) is 0 Å². The van der Waals surface area contributed by atoms with Gasteiger partial charge in [0.2, 0.25) is 0 Å². The maximum Gasteiger partial charge on any atom is 0.347 e. The Kier molecular flexibility index (Phi) is 4.84. The lowest BCUT2D eigenvalue weighted by atomic mass is 10.6. The van der Waals surface area contributed by atoms with Crippen LogP contribution in [0.25, 0.3) is 0 Å². The van der Waals surface area contributed by atoms with Crippen LogP contribution in [0.2, 0.25) is 0 Å². The molecule has 58 valence electrons. The number of thioether (sulfide) groups is 1. The standard InChI is InChI=1S/C6H10O3S/c1-3-9-6(8)5(4-7)10-2/h4,7H,3H2,1-2H3/b5-4-. The molecule has 3 nitrogen and oxygen atoms in total. The van der Waals surface area contributed by atoms with Crippen molar-refractivity contribution in [1.29, 1.82) is 0 Å². The highest BCUT2D eigenvalue weighted by atomic mass is 32.2. The van der Waals surface area contributed by atoms with Crippen molar-refractivity contribution in [3.8, 4) is 0 Å². The predicted octanol–water partition coefficient (Wildman–Crippen LogP) is 1.31. The first-order valence-electron chi connectivity index (χ1n) is 2.81. The Balaban J connectivity index is 3.91. The number of esters is 1. The number of aliphatic hydroxyl groups is 1. The van der Waals surface area contributed by atoms with Gasteiger partial charge in [-0.25, -0.2) is 4.79 Å². The third kappa shape index (κ3) is 2.77. The van der Waals surface area contributed by atoms with E-state index in [1.54, 1.807) is 13.2 Å². The summed E-state index contributed by atoms with van der Waals surface area (Å²) >= 11 is 1.15. The lowest BCUT2D eigenvalue weighted by molar-refractivity contribution is -0.137. The van der Waals surface area contributed by atoms with Crippen LogP contribution in [0.4, 0.5) is 0 Å². The summed E-state index contributed by atoms with van der Waals surface area (Å²) in [6.07, 6.45) is 2.45. The molecule has 0 fully saturated rings. The lowest BCUT2D eigenvalue weighted by Gasteiger charge is -2.00. The zero-order chi connectivity index (χ0) is 7.98. The van der Waals surface area contributed by atoms with Gasteiger partial charge < -0.3 is 9.84 Å². The van der Waals surface area contributed by atoms with Gasteiger partial charge in [-0.15, -0.1) is 11.8 Å². The molecule has 0 rings (SSSR count). The topological polar surface area (TPSA) is 46.5 Å². The molecular formula is C6H10O3S. The Morgan fingerprint density at radius 1 is 1.80 bits per heavy atom. The summed E-state index contributed by atoms with van der Waals surface area (Å²) in [5, 5.41) is 8.44. The van der Waals surface area contributed by atoms with Crippen LogP contribution in [0.1, 0.15) is 6.92 Å². The molecule has 0 aliphatic carbocycles. The van der Waals surface area contributed by atoms with Crippen molar-refractivity contribution < 1.29 is 14.6 Å². The summed E-state index contributed by atoms with van der Waals surface area (Å²) in [5.41, 5.74) is 0. The molecule has 0 aliphatic rings. The minimum atomic E-state index is -0.475. The summed E-state index contributed by atoms with van der Waals surface area (Å²) in [6.45, 7) is 2.05. The van der Waals surface area contributed by atoms with Crippen LogP contribution < -0.4 is 0 Å². The summed E-state index contributed by atoms with van der Waals surface area (Å²) in [6, 6.07) is 0. The zero-order valence-electron chi connectivity index (χ0n) is 5.96. The van der Waals surface area contributed by atoms with Gasteiger partial charge in [0.1, 0.15) is 11.2 Å². The highest BCUT2D eigenvalue weighted by molar-refractivity contribution is 8.03. The van der Waals surface area contributed by atoms with E-state index >= 15 is 0 Å². The molecule has 0 aromatic heterocycles. The molecule has 0 radical (unpaired) electrons. The largest absolute Gasteiger partial charge is 0.514 e. The third-order valence-corrected chi connectivity index (χ3v) is 1.53. The second-order valence-corrected chi connectivity index (χ2v) is 2.27. The van der Waals surface area contributed by atoms with E-state index in [9.17, 15) is 4.79 Å². The molecule has 0 atom stereocenters. The monoisotopic (exact) mass is 162 g/mol. The first kappa shape index (κ1) is 9.36. The van der Waals surface area contributed by atoms with E-state index < -0.39 is 5.97 Å². The molecule has 1 N–H and O–H groups in total. The Hall–Kier alpha value is -0.640. The third-order valence-electron chi connectivity index (χ3n) is 0.814. The molecule has 0 aromatic carbocycles. The fourth-order valence-corrected chi connectivity index (χ4v) is 0.722.